The van der Waals surface area contributed by atoms with Gasteiger partial charge in [-0.1, -0.05) is 188 Å². The van der Waals surface area contributed by atoms with Crippen molar-refractivity contribution in [3.05, 3.63) is 204 Å². The van der Waals surface area contributed by atoms with Crippen molar-refractivity contribution in [1.29, 1.82) is 0 Å². The predicted molar refractivity (Wildman–Crippen MR) is 290 cm³/mol. The minimum Gasteiger partial charge on any atom is -0.376 e. The third kappa shape index (κ3) is 6.90. The maximum absolute atomic E-state index is 2.73. The molecule has 0 saturated carbocycles. The van der Waals surface area contributed by atoms with Crippen molar-refractivity contribution in [3.8, 4) is 44.5 Å². The van der Waals surface area contributed by atoms with Crippen LogP contribution in [0.15, 0.2) is 182 Å². The summed E-state index contributed by atoms with van der Waals surface area (Å²) in [6, 6.07) is 69.2. The van der Waals surface area contributed by atoms with E-state index < -0.39 is 0 Å². The topological polar surface area (TPSA) is 6.48 Å². The molecule has 0 unspecified atom stereocenters. The first-order chi connectivity index (χ1) is 32.3. The number of thiophene rings is 1. The van der Waals surface area contributed by atoms with E-state index in [9.17, 15) is 0 Å². The van der Waals surface area contributed by atoms with E-state index in [1.165, 1.54) is 123 Å². The van der Waals surface area contributed by atoms with E-state index in [0.717, 1.165) is 6.54 Å². The van der Waals surface area contributed by atoms with Gasteiger partial charge in [0.25, 0.3) is 0 Å². The van der Waals surface area contributed by atoms with Crippen molar-refractivity contribution >= 4 is 61.3 Å². The van der Waals surface area contributed by atoms with Crippen LogP contribution in [-0.2, 0) is 22.8 Å². The Morgan fingerprint density at radius 3 is 1.85 bits per heavy atom. The minimum atomic E-state index is -0.0526. The van der Waals surface area contributed by atoms with E-state index in [4.69, 9.17) is 0 Å². The number of benzene rings is 8. The van der Waals surface area contributed by atoms with Crippen LogP contribution < -0.4 is 20.0 Å². The number of hydrogen-bond acceptors (Lipinski definition) is 3. The Balaban J connectivity index is 1.17. The zero-order valence-corrected chi connectivity index (χ0v) is 40.6. The number of hydrogen-bond donors (Lipinski definition) is 0. The third-order valence-corrected chi connectivity index (χ3v) is 16.6. The van der Waals surface area contributed by atoms with Crippen molar-refractivity contribution in [2.45, 2.75) is 84.1 Å². The largest absolute Gasteiger partial charge is 0.376 e. The zero-order chi connectivity index (χ0) is 45.8. The zero-order valence-electron chi connectivity index (χ0n) is 39.8. The summed E-state index contributed by atoms with van der Waals surface area (Å²) in [5.74, 6) is 0. The molecule has 3 aliphatic rings. The molecule has 8 aromatic carbocycles. The Bertz CT molecular complexity index is 3380. The molecule has 1 aromatic heterocycles. The number of anilines is 4. The fraction of sp³-hybridized carbons (Fsp3) is 0.206. The Morgan fingerprint density at radius 1 is 0.522 bits per heavy atom. The van der Waals surface area contributed by atoms with Crippen LogP contribution >= 0.6 is 11.3 Å². The summed E-state index contributed by atoms with van der Waals surface area (Å²) in [6.45, 7) is 17.4. The van der Waals surface area contributed by atoms with Crippen molar-refractivity contribution in [3.63, 3.8) is 0 Å². The third-order valence-electron chi connectivity index (χ3n) is 15.4. The molecule has 0 bridgehead atoms. The van der Waals surface area contributed by atoms with Gasteiger partial charge in [-0.05, 0) is 138 Å². The first kappa shape index (κ1) is 41.8. The van der Waals surface area contributed by atoms with Gasteiger partial charge in [0.2, 0.25) is 0 Å². The predicted octanol–water partition coefficient (Wildman–Crippen LogP) is 16.1. The van der Waals surface area contributed by atoms with Crippen LogP contribution in [-0.4, -0.2) is 6.85 Å². The fourth-order valence-electron chi connectivity index (χ4n) is 11.5. The highest BCUT2D eigenvalue weighted by Crippen LogP contribution is 2.52. The maximum Gasteiger partial charge on any atom is 0.343 e. The fourth-order valence-corrected chi connectivity index (χ4v) is 12.8. The molecule has 4 heteroatoms. The van der Waals surface area contributed by atoms with E-state index in [1.54, 1.807) is 0 Å². The van der Waals surface area contributed by atoms with Gasteiger partial charge in [0.05, 0.1) is 5.69 Å². The molecule has 0 fully saturated rings. The summed E-state index contributed by atoms with van der Waals surface area (Å²) in [5.41, 5.74) is 22.3. The molecule has 328 valence electrons. The second kappa shape index (κ2) is 15.5. The highest BCUT2D eigenvalue weighted by Gasteiger charge is 2.48. The van der Waals surface area contributed by atoms with Gasteiger partial charge in [0.15, 0.2) is 0 Å². The van der Waals surface area contributed by atoms with Crippen LogP contribution in [0.25, 0.3) is 54.6 Å². The van der Waals surface area contributed by atoms with Crippen molar-refractivity contribution < 1.29 is 0 Å². The summed E-state index contributed by atoms with van der Waals surface area (Å²) in [7, 11) is 0. The van der Waals surface area contributed by atoms with Crippen LogP contribution in [0, 0.1) is 0 Å². The van der Waals surface area contributed by atoms with Gasteiger partial charge >= 0.3 is 6.85 Å². The maximum atomic E-state index is 2.73. The lowest BCUT2D eigenvalue weighted by Crippen LogP contribution is -2.61. The van der Waals surface area contributed by atoms with Crippen molar-refractivity contribution in [1.82, 2.24) is 0 Å². The van der Waals surface area contributed by atoms with Crippen LogP contribution in [0.1, 0.15) is 83.6 Å². The first-order valence-electron chi connectivity index (χ1n) is 24.2. The SMILES string of the molecule is CC(C)(C)c1ccc(CN2c3cc(-c4ccccc4)cc4c3B(c3sc5ccccc5c32)N(c2ccc3c(c2)C(C)(C)CCC3(C)C)c2ccc(-c3ccccc3)cc2-4)c(-c2ccccc2)c1. The molecule has 3 heterocycles. The molecule has 0 spiro atoms. The van der Waals surface area contributed by atoms with Crippen molar-refractivity contribution in [2.24, 2.45) is 0 Å². The quantitative estimate of drug-likeness (QED) is 0.154. The van der Waals surface area contributed by atoms with Gasteiger partial charge in [0.1, 0.15) is 0 Å². The summed E-state index contributed by atoms with van der Waals surface area (Å²) >= 11 is 1.98. The molecule has 12 rings (SSSR count). The summed E-state index contributed by atoms with van der Waals surface area (Å²) in [4.78, 5) is 5.44. The minimum absolute atomic E-state index is 0.0112. The Morgan fingerprint density at radius 2 is 1.15 bits per heavy atom. The molecule has 0 atom stereocenters. The molecule has 67 heavy (non-hydrogen) atoms. The molecule has 2 aliphatic heterocycles. The molecule has 0 saturated heterocycles. The summed E-state index contributed by atoms with van der Waals surface area (Å²) in [6.07, 6.45) is 2.36. The lowest BCUT2D eigenvalue weighted by molar-refractivity contribution is 0.332. The lowest BCUT2D eigenvalue weighted by Gasteiger charge is -2.46. The number of nitrogens with zero attached hydrogens (tertiary/aromatic N) is 2. The highest BCUT2D eigenvalue weighted by atomic mass is 32.1. The molecule has 9 aromatic rings. The van der Waals surface area contributed by atoms with E-state index in [1.807, 2.05) is 11.3 Å². The monoisotopic (exact) mass is 884 g/mol. The molecule has 0 N–H and O–H groups in total. The second-order valence-electron chi connectivity index (χ2n) is 21.6. The van der Waals surface area contributed by atoms with Crippen LogP contribution in [0.4, 0.5) is 22.7 Å². The molecule has 2 nitrogen and oxygen atoms in total. The Labute approximate surface area is 401 Å². The second-order valence-corrected chi connectivity index (χ2v) is 22.7. The summed E-state index contributed by atoms with van der Waals surface area (Å²) in [5, 5.41) is 1.31. The number of rotatable bonds is 6. The van der Waals surface area contributed by atoms with Gasteiger partial charge in [-0.3, -0.25) is 0 Å². The standard InChI is InChI=1S/C63H57BN2S/c1-61(2,3)47-29-27-45(50(38-47)43-23-15-10-16-24-43)40-65-56-37-46(42-21-13-9-14-22-42)36-52-51-35-44(41-19-11-8-12-20-41)28-32-55(51)66(48-30-31-53-54(39-48)63(6,7)34-33-62(53,4)5)64(58(52)56)60-59(65)49-25-17-18-26-57(49)67-60/h8-32,35-39H,33-34,40H2,1-7H3. The molecule has 0 amide bonds. The molecular weight excluding hydrogens is 828 g/mol. The van der Waals surface area contributed by atoms with E-state index in [0.29, 0.717) is 0 Å². The molecular formula is C63H57BN2S. The normalized spacial score (nSPS) is 15.5. The summed E-state index contributed by atoms with van der Waals surface area (Å²) < 4.78 is 2.71. The Hall–Kier alpha value is -6.62. The van der Waals surface area contributed by atoms with Crippen LogP contribution in [0.3, 0.4) is 0 Å². The van der Waals surface area contributed by atoms with Crippen LogP contribution in [0.2, 0.25) is 0 Å². The van der Waals surface area contributed by atoms with Gasteiger partial charge in [-0.15, -0.1) is 11.3 Å². The van der Waals surface area contributed by atoms with Gasteiger partial charge in [-0.25, -0.2) is 0 Å². The van der Waals surface area contributed by atoms with Gasteiger partial charge in [0, 0.05) is 44.0 Å². The molecule has 0 radical (unpaired) electrons. The highest BCUT2D eigenvalue weighted by molar-refractivity contribution is 7.32. The lowest BCUT2D eigenvalue weighted by atomic mass is 9.46. The number of fused-ring (bicyclic) bond motifs is 7. The van der Waals surface area contributed by atoms with Gasteiger partial charge < -0.3 is 9.71 Å². The Kier molecular flexibility index (Phi) is 9.65. The smallest absolute Gasteiger partial charge is 0.343 e. The average molecular weight is 885 g/mol. The van der Waals surface area contributed by atoms with Gasteiger partial charge in [-0.2, -0.15) is 0 Å². The van der Waals surface area contributed by atoms with E-state index in [-0.39, 0.29) is 23.1 Å². The van der Waals surface area contributed by atoms with E-state index in [2.05, 4.69) is 240 Å². The average Bonchev–Trinajstić information content (AvgIpc) is 3.74. The van der Waals surface area contributed by atoms with E-state index >= 15 is 0 Å². The van der Waals surface area contributed by atoms with Crippen LogP contribution in [0.5, 0.6) is 0 Å². The van der Waals surface area contributed by atoms with Crippen molar-refractivity contribution in [2.75, 3.05) is 9.71 Å². The first-order valence-corrected chi connectivity index (χ1v) is 25.0. The molecule has 1 aliphatic carbocycles.